The Morgan fingerprint density at radius 3 is 2.75 bits per heavy atom. The first-order valence-electron chi connectivity index (χ1n) is 6.15. The van der Waals surface area contributed by atoms with E-state index in [0.29, 0.717) is 23.6 Å². The Hall–Kier alpha value is -1.89. The summed E-state index contributed by atoms with van der Waals surface area (Å²) in [4.78, 5) is 22.9. The number of carbonyl (C=O) groups excluding carboxylic acids is 1. The zero-order chi connectivity index (χ0) is 14.7. The number of hydrogen-bond acceptors (Lipinski definition) is 5. The molecule has 0 saturated carbocycles. The number of aromatic amines is 1. The maximum atomic E-state index is 12.6. The quantitative estimate of drug-likeness (QED) is 0.687. The molecule has 0 aliphatic rings. The van der Waals surface area contributed by atoms with E-state index in [4.69, 9.17) is 0 Å². The molecule has 6 nitrogen and oxygen atoms in total. The molecule has 7 heteroatoms. The van der Waals surface area contributed by atoms with Crippen LogP contribution in [0, 0.1) is 13.8 Å². The maximum Gasteiger partial charge on any atom is 0.258 e. The van der Waals surface area contributed by atoms with Crippen LogP contribution >= 0.6 is 11.8 Å². The van der Waals surface area contributed by atoms with Gasteiger partial charge in [-0.05, 0) is 20.1 Å². The predicted octanol–water partition coefficient (Wildman–Crippen LogP) is 1.81. The number of nitrogens with zero attached hydrogens (tertiary/aromatic N) is 4. The van der Waals surface area contributed by atoms with Gasteiger partial charge in [-0.25, -0.2) is 9.97 Å². The lowest BCUT2D eigenvalue weighted by Gasteiger charge is -2.18. The van der Waals surface area contributed by atoms with Gasteiger partial charge in [-0.1, -0.05) is 0 Å². The van der Waals surface area contributed by atoms with Crippen molar-refractivity contribution >= 4 is 17.7 Å². The maximum absolute atomic E-state index is 12.6. The SMILES string of the molecule is CSc1nc(C)nc(C)c1C(=O)N(C)Cc1cn[nH]c1. The number of aromatic nitrogens is 4. The van der Waals surface area contributed by atoms with Crippen LogP contribution in [0.3, 0.4) is 0 Å². The summed E-state index contributed by atoms with van der Waals surface area (Å²) in [6.07, 6.45) is 5.39. The van der Waals surface area contributed by atoms with E-state index in [2.05, 4.69) is 20.2 Å². The smallest absolute Gasteiger partial charge is 0.258 e. The van der Waals surface area contributed by atoms with Gasteiger partial charge in [0.2, 0.25) is 0 Å². The minimum atomic E-state index is -0.0759. The normalized spacial score (nSPS) is 10.6. The van der Waals surface area contributed by atoms with E-state index in [9.17, 15) is 4.79 Å². The number of aryl methyl sites for hydroxylation is 2. The van der Waals surface area contributed by atoms with Crippen LogP contribution in [0.2, 0.25) is 0 Å². The Morgan fingerprint density at radius 1 is 1.40 bits per heavy atom. The van der Waals surface area contributed by atoms with Crippen molar-refractivity contribution in [1.82, 2.24) is 25.1 Å². The number of amides is 1. The minimum absolute atomic E-state index is 0.0759. The molecule has 1 amide bonds. The van der Waals surface area contributed by atoms with Gasteiger partial charge in [0.15, 0.2) is 0 Å². The van der Waals surface area contributed by atoms with Crippen molar-refractivity contribution in [3.63, 3.8) is 0 Å². The molecule has 0 saturated heterocycles. The highest BCUT2D eigenvalue weighted by atomic mass is 32.2. The summed E-state index contributed by atoms with van der Waals surface area (Å²) in [5.74, 6) is 0.605. The molecule has 2 aromatic rings. The van der Waals surface area contributed by atoms with Gasteiger partial charge in [0, 0.05) is 25.4 Å². The minimum Gasteiger partial charge on any atom is -0.337 e. The topological polar surface area (TPSA) is 74.8 Å². The van der Waals surface area contributed by atoms with Crippen LogP contribution in [0.15, 0.2) is 17.4 Å². The number of hydrogen-bond donors (Lipinski definition) is 1. The molecule has 0 aliphatic carbocycles. The van der Waals surface area contributed by atoms with E-state index in [1.54, 1.807) is 24.3 Å². The summed E-state index contributed by atoms with van der Waals surface area (Å²) in [6, 6.07) is 0. The Kier molecular flexibility index (Phi) is 4.39. The third-order valence-electron chi connectivity index (χ3n) is 2.90. The van der Waals surface area contributed by atoms with Gasteiger partial charge in [-0.15, -0.1) is 11.8 Å². The number of nitrogens with one attached hydrogen (secondary N) is 1. The summed E-state index contributed by atoms with van der Waals surface area (Å²) in [5, 5.41) is 7.34. The van der Waals surface area contributed by atoms with Gasteiger partial charge in [0.1, 0.15) is 10.9 Å². The molecular formula is C13H17N5OS. The molecular weight excluding hydrogens is 274 g/mol. The van der Waals surface area contributed by atoms with E-state index >= 15 is 0 Å². The number of H-pyrrole nitrogens is 1. The molecule has 20 heavy (non-hydrogen) atoms. The summed E-state index contributed by atoms with van der Waals surface area (Å²) in [7, 11) is 1.76. The Morgan fingerprint density at radius 2 is 2.15 bits per heavy atom. The van der Waals surface area contributed by atoms with Gasteiger partial charge in [0.05, 0.1) is 17.5 Å². The first kappa shape index (κ1) is 14.5. The first-order valence-corrected chi connectivity index (χ1v) is 7.37. The summed E-state index contributed by atoms with van der Waals surface area (Å²) < 4.78 is 0. The molecule has 0 unspecified atom stereocenters. The fourth-order valence-corrected chi connectivity index (χ4v) is 2.64. The highest BCUT2D eigenvalue weighted by Crippen LogP contribution is 2.22. The second-order valence-corrected chi connectivity index (χ2v) is 5.30. The Labute approximate surface area is 122 Å². The molecule has 0 aliphatic heterocycles. The van der Waals surface area contributed by atoms with Gasteiger partial charge in [-0.2, -0.15) is 5.10 Å². The fraction of sp³-hybridized carbons (Fsp3) is 0.385. The van der Waals surface area contributed by atoms with Crippen LogP contribution in [0.25, 0.3) is 0 Å². The number of carbonyl (C=O) groups is 1. The second-order valence-electron chi connectivity index (χ2n) is 4.51. The molecule has 2 rings (SSSR count). The molecule has 0 aromatic carbocycles. The van der Waals surface area contributed by atoms with E-state index in [1.807, 2.05) is 20.1 Å². The zero-order valence-corrected chi connectivity index (χ0v) is 12.8. The average Bonchev–Trinajstić information content (AvgIpc) is 2.89. The monoisotopic (exact) mass is 291 g/mol. The highest BCUT2D eigenvalue weighted by Gasteiger charge is 2.21. The molecule has 106 valence electrons. The van der Waals surface area contributed by atoms with Gasteiger partial charge < -0.3 is 4.90 Å². The summed E-state index contributed by atoms with van der Waals surface area (Å²) >= 11 is 1.46. The van der Waals surface area contributed by atoms with Gasteiger partial charge >= 0.3 is 0 Å². The van der Waals surface area contributed by atoms with Crippen LogP contribution in [-0.4, -0.2) is 44.3 Å². The molecule has 0 atom stereocenters. The lowest BCUT2D eigenvalue weighted by Crippen LogP contribution is -2.28. The molecule has 0 spiro atoms. The molecule has 2 heterocycles. The summed E-state index contributed by atoms with van der Waals surface area (Å²) in [5.41, 5.74) is 2.25. The average molecular weight is 291 g/mol. The second kappa shape index (κ2) is 6.04. The van der Waals surface area contributed by atoms with Crippen molar-refractivity contribution in [2.45, 2.75) is 25.4 Å². The lowest BCUT2D eigenvalue weighted by molar-refractivity contribution is 0.0779. The van der Waals surface area contributed by atoms with Crippen molar-refractivity contribution in [2.24, 2.45) is 0 Å². The van der Waals surface area contributed by atoms with Gasteiger partial charge in [-0.3, -0.25) is 9.89 Å². The van der Waals surface area contributed by atoms with Crippen molar-refractivity contribution in [2.75, 3.05) is 13.3 Å². The lowest BCUT2D eigenvalue weighted by atomic mass is 10.2. The zero-order valence-electron chi connectivity index (χ0n) is 12.0. The molecule has 0 radical (unpaired) electrons. The van der Waals surface area contributed by atoms with Crippen LogP contribution in [0.4, 0.5) is 0 Å². The van der Waals surface area contributed by atoms with Crippen LogP contribution < -0.4 is 0 Å². The Bertz CT molecular complexity index is 611. The van der Waals surface area contributed by atoms with Crippen molar-refractivity contribution < 1.29 is 4.79 Å². The third kappa shape index (κ3) is 2.98. The Balaban J connectivity index is 2.28. The van der Waals surface area contributed by atoms with Crippen molar-refractivity contribution in [3.05, 3.63) is 35.0 Å². The van der Waals surface area contributed by atoms with Crippen LogP contribution in [-0.2, 0) is 6.54 Å². The standard InChI is InChI=1S/C13H17N5OS/c1-8-11(12(20-4)17-9(2)16-8)13(19)18(3)7-10-5-14-15-6-10/h5-6H,7H2,1-4H3,(H,14,15). The van der Waals surface area contributed by atoms with Crippen molar-refractivity contribution in [3.8, 4) is 0 Å². The largest absolute Gasteiger partial charge is 0.337 e. The van der Waals surface area contributed by atoms with Crippen LogP contribution in [0.5, 0.6) is 0 Å². The summed E-state index contributed by atoms with van der Waals surface area (Å²) in [6.45, 7) is 4.17. The molecule has 0 bridgehead atoms. The number of rotatable bonds is 4. The fourth-order valence-electron chi connectivity index (χ4n) is 1.98. The predicted molar refractivity (Wildman–Crippen MR) is 77.7 cm³/mol. The third-order valence-corrected chi connectivity index (χ3v) is 3.58. The number of thioether (sulfide) groups is 1. The first-order chi connectivity index (χ1) is 9.52. The molecule has 0 fully saturated rings. The van der Waals surface area contributed by atoms with E-state index in [1.165, 1.54) is 11.8 Å². The van der Waals surface area contributed by atoms with Crippen LogP contribution in [0.1, 0.15) is 27.4 Å². The van der Waals surface area contributed by atoms with Gasteiger partial charge in [0.25, 0.3) is 5.91 Å². The van der Waals surface area contributed by atoms with E-state index in [0.717, 1.165) is 10.6 Å². The molecule has 1 N–H and O–H groups in total. The highest BCUT2D eigenvalue weighted by molar-refractivity contribution is 7.98. The van der Waals surface area contributed by atoms with Crippen molar-refractivity contribution in [1.29, 1.82) is 0 Å². The van der Waals surface area contributed by atoms with E-state index in [-0.39, 0.29) is 5.91 Å². The van der Waals surface area contributed by atoms with E-state index < -0.39 is 0 Å². The molecule has 2 aromatic heterocycles.